The zero-order chi connectivity index (χ0) is 21.4. The summed E-state index contributed by atoms with van der Waals surface area (Å²) in [5.74, 6) is -0.345. The lowest BCUT2D eigenvalue weighted by Crippen LogP contribution is -2.24. The molecule has 0 fully saturated rings. The lowest BCUT2D eigenvalue weighted by Gasteiger charge is -2.08. The maximum atomic E-state index is 13.5. The monoisotopic (exact) mass is 427 g/mol. The predicted molar refractivity (Wildman–Crippen MR) is 113 cm³/mol. The van der Waals surface area contributed by atoms with E-state index in [4.69, 9.17) is 15.9 Å². The second kappa shape index (κ2) is 7.67. The maximum Gasteiger partial charge on any atom is 0.291 e. The van der Waals surface area contributed by atoms with E-state index in [-0.39, 0.29) is 24.2 Å². The van der Waals surface area contributed by atoms with E-state index in [0.717, 1.165) is 10.3 Å². The van der Waals surface area contributed by atoms with Crippen LogP contribution in [0.3, 0.4) is 0 Å². The third-order valence-electron chi connectivity index (χ3n) is 4.71. The quantitative estimate of drug-likeness (QED) is 0.454. The first kappa shape index (κ1) is 19.7. The van der Waals surface area contributed by atoms with Gasteiger partial charge in [-0.15, -0.1) is 11.3 Å². The van der Waals surface area contributed by atoms with Crippen molar-refractivity contribution < 1.29 is 9.13 Å². The molecule has 0 bridgehead atoms. The molecule has 0 saturated carbocycles. The Morgan fingerprint density at radius 3 is 3.00 bits per heavy atom. The Labute approximate surface area is 173 Å². The molecule has 4 rings (SSSR count). The first-order chi connectivity index (χ1) is 14.4. The van der Waals surface area contributed by atoms with Crippen molar-refractivity contribution in [1.29, 1.82) is 5.41 Å². The molecule has 0 unspecified atom stereocenters. The van der Waals surface area contributed by atoms with Crippen molar-refractivity contribution in [2.75, 3.05) is 7.11 Å². The van der Waals surface area contributed by atoms with Gasteiger partial charge in [0.05, 0.1) is 36.5 Å². The summed E-state index contributed by atoms with van der Waals surface area (Å²) in [4.78, 5) is 21.8. The van der Waals surface area contributed by atoms with Gasteiger partial charge in [-0.2, -0.15) is 5.10 Å². The van der Waals surface area contributed by atoms with Gasteiger partial charge in [0.25, 0.3) is 5.56 Å². The lowest BCUT2D eigenvalue weighted by molar-refractivity contribution is 0.389. The molecule has 0 spiro atoms. The number of ether oxygens (including phenoxy) is 1. The van der Waals surface area contributed by atoms with Gasteiger partial charge in [-0.1, -0.05) is 6.07 Å². The molecule has 0 atom stereocenters. The molecule has 0 amide bonds. The molecule has 0 aliphatic heterocycles. The predicted octanol–water partition coefficient (Wildman–Crippen LogP) is 2.13. The van der Waals surface area contributed by atoms with Crippen molar-refractivity contribution in [3.8, 4) is 5.88 Å². The Kier molecular flexibility index (Phi) is 5.04. The van der Waals surface area contributed by atoms with Crippen LogP contribution < -0.4 is 16.0 Å². The number of nitrogens with zero attached hydrogens (tertiary/aromatic N) is 5. The number of methoxy groups -OCH3 is 1. The topological polar surface area (TPSA) is 125 Å². The molecule has 0 radical (unpaired) electrons. The number of halogens is 1. The zero-order valence-electron chi connectivity index (χ0n) is 16.2. The maximum absolute atomic E-state index is 13.5. The van der Waals surface area contributed by atoms with Crippen LogP contribution in [0, 0.1) is 5.41 Å². The summed E-state index contributed by atoms with van der Waals surface area (Å²) >= 11 is 1.32. The number of thiazole rings is 1. The summed E-state index contributed by atoms with van der Waals surface area (Å²) in [7, 11) is 3.28. The SMILES string of the molecule is COc1ncccc1Cn1ncc2c3sc(CC(N)=C(F)C=N)nc3n(C)c2c1=O. The van der Waals surface area contributed by atoms with Gasteiger partial charge in [0.15, 0.2) is 11.5 Å². The molecule has 4 aromatic heterocycles. The number of pyridine rings is 1. The smallest absolute Gasteiger partial charge is 0.291 e. The molecule has 3 N–H and O–H groups in total. The number of allylic oxidation sites excluding steroid dienone is 2. The zero-order valence-corrected chi connectivity index (χ0v) is 17.0. The van der Waals surface area contributed by atoms with E-state index in [9.17, 15) is 9.18 Å². The number of aryl methyl sites for hydroxylation is 1. The third kappa shape index (κ3) is 3.22. The minimum Gasteiger partial charge on any atom is -0.481 e. The summed E-state index contributed by atoms with van der Waals surface area (Å²) in [6.45, 7) is 0.216. The van der Waals surface area contributed by atoms with E-state index in [1.54, 1.807) is 30.1 Å². The van der Waals surface area contributed by atoms with Crippen molar-refractivity contribution in [3.05, 3.63) is 57.0 Å². The molecular weight excluding hydrogens is 409 g/mol. The van der Waals surface area contributed by atoms with Crippen molar-refractivity contribution in [2.24, 2.45) is 12.8 Å². The molecule has 4 heterocycles. The largest absolute Gasteiger partial charge is 0.481 e. The van der Waals surface area contributed by atoms with Crippen LogP contribution in [0.25, 0.3) is 21.3 Å². The molecule has 0 saturated heterocycles. The van der Waals surface area contributed by atoms with Crippen LogP contribution in [0.5, 0.6) is 5.88 Å². The van der Waals surface area contributed by atoms with E-state index in [1.165, 1.54) is 23.1 Å². The second-order valence-corrected chi connectivity index (χ2v) is 7.64. The average Bonchev–Trinajstić information content (AvgIpc) is 3.28. The molecule has 4 aromatic rings. The van der Waals surface area contributed by atoms with E-state index in [2.05, 4.69) is 15.1 Å². The van der Waals surface area contributed by atoms with Crippen molar-refractivity contribution >= 4 is 38.8 Å². The lowest BCUT2D eigenvalue weighted by atomic mass is 10.2. The van der Waals surface area contributed by atoms with E-state index in [1.807, 2.05) is 6.07 Å². The van der Waals surface area contributed by atoms with Gasteiger partial charge in [0.2, 0.25) is 5.88 Å². The molecule has 11 heteroatoms. The van der Waals surface area contributed by atoms with Gasteiger partial charge in [-0.05, 0) is 6.07 Å². The molecule has 0 aliphatic rings. The van der Waals surface area contributed by atoms with Crippen LogP contribution in [-0.4, -0.2) is 37.6 Å². The van der Waals surface area contributed by atoms with Crippen LogP contribution in [0.15, 0.2) is 40.8 Å². The minimum atomic E-state index is -0.783. The van der Waals surface area contributed by atoms with Crippen molar-refractivity contribution in [3.63, 3.8) is 0 Å². The highest BCUT2D eigenvalue weighted by Crippen LogP contribution is 2.31. The van der Waals surface area contributed by atoms with Gasteiger partial charge >= 0.3 is 0 Å². The first-order valence-corrected chi connectivity index (χ1v) is 9.72. The number of nitrogens with one attached hydrogen (secondary N) is 1. The van der Waals surface area contributed by atoms with Crippen molar-refractivity contribution in [1.82, 2.24) is 24.3 Å². The Morgan fingerprint density at radius 2 is 2.27 bits per heavy atom. The fraction of sp³-hybridized carbons (Fsp3) is 0.211. The minimum absolute atomic E-state index is 0.0562. The van der Waals surface area contributed by atoms with Crippen LogP contribution in [0.1, 0.15) is 10.6 Å². The molecule has 0 aromatic carbocycles. The number of nitrogens with two attached hydrogens (primary N) is 1. The Morgan fingerprint density at radius 1 is 1.47 bits per heavy atom. The standard InChI is InChI=1S/C19H18FN7O2S/c1-26-15-11(16-17(26)25-14(30-16)6-13(22)12(20)7-21)8-24-27(19(15)28)9-10-4-3-5-23-18(10)29-2/h3-5,7-8,21H,6,9,22H2,1-2H3. The fourth-order valence-electron chi connectivity index (χ4n) is 3.25. The highest BCUT2D eigenvalue weighted by atomic mass is 32.1. The van der Waals surface area contributed by atoms with Gasteiger partial charge in [-0.3, -0.25) is 4.79 Å². The number of hydrogen-bond donors (Lipinski definition) is 2. The second-order valence-electron chi connectivity index (χ2n) is 6.56. The first-order valence-electron chi connectivity index (χ1n) is 8.91. The highest BCUT2D eigenvalue weighted by Gasteiger charge is 2.19. The van der Waals surface area contributed by atoms with Gasteiger partial charge in [-0.25, -0.2) is 19.0 Å². The highest BCUT2D eigenvalue weighted by molar-refractivity contribution is 7.19. The van der Waals surface area contributed by atoms with E-state index in [0.29, 0.717) is 33.7 Å². The molecular formula is C19H18FN7O2S. The molecule has 154 valence electrons. The number of fused-ring (bicyclic) bond motifs is 3. The van der Waals surface area contributed by atoms with E-state index < -0.39 is 5.83 Å². The molecule has 30 heavy (non-hydrogen) atoms. The van der Waals surface area contributed by atoms with Crippen LogP contribution in [0.4, 0.5) is 4.39 Å². The average molecular weight is 427 g/mol. The summed E-state index contributed by atoms with van der Waals surface area (Å²) in [6.07, 6.45) is 3.91. The fourth-order valence-corrected chi connectivity index (χ4v) is 4.38. The van der Waals surface area contributed by atoms with Crippen molar-refractivity contribution in [2.45, 2.75) is 13.0 Å². The summed E-state index contributed by atoms with van der Waals surface area (Å²) in [6, 6.07) is 3.60. The summed E-state index contributed by atoms with van der Waals surface area (Å²) in [5, 5.41) is 12.5. The summed E-state index contributed by atoms with van der Waals surface area (Å²) in [5.41, 5.74) is 7.17. The Hall–Kier alpha value is -3.60. The summed E-state index contributed by atoms with van der Waals surface area (Å²) < 4.78 is 22.6. The number of aromatic nitrogens is 5. The Bertz CT molecular complexity index is 1370. The third-order valence-corrected chi connectivity index (χ3v) is 5.79. The normalized spacial score (nSPS) is 12.4. The van der Waals surface area contributed by atoms with Gasteiger partial charge in [0.1, 0.15) is 10.5 Å². The van der Waals surface area contributed by atoms with Crippen LogP contribution >= 0.6 is 11.3 Å². The molecule has 0 aliphatic carbocycles. The molecule has 9 nitrogen and oxygen atoms in total. The Balaban J connectivity index is 1.78. The van der Waals surface area contributed by atoms with E-state index >= 15 is 0 Å². The van der Waals surface area contributed by atoms with Gasteiger partial charge in [0, 0.05) is 30.6 Å². The van der Waals surface area contributed by atoms with Crippen LogP contribution in [-0.2, 0) is 20.0 Å². The number of hydrogen-bond acceptors (Lipinski definition) is 8. The number of rotatable bonds is 6. The van der Waals surface area contributed by atoms with Gasteiger partial charge < -0.3 is 20.4 Å². The van der Waals surface area contributed by atoms with Crippen LogP contribution in [0.2, 0.25) is 0 Å².